The molecule has 124 valence electrons. The second kappa shape index (κ2) is 7.55. The number of furan rings is 1. The molecule has 22 heavy (non-hydrogen) atoms. The van der Waals surface area contributed by atoms with Gasteiger partial charge in [-0.15, -0.1) is 0 Å². The van der Waals surface area contributed by atoms with Crippen LogP contribution in [0.4, 0.5) is 0 Å². The number of thioether (sulfide) groups is 1. The minimum Gasteiger partial charge on any atom is -0.455 e. The van der Waals surface area contributed by atoms with Gasteiger partial charge in [0.05, 0.1) is 12.4 Å². The lowest BCUT2D eigenvalue weighted by molar-refractivity contribution is 0.0144. The summed E-state index contributed by atoms with van der Waals surface area (Å²) in [5, 5.41) is 9.87. The van der Waals surface area contributed by atoms with Crippen molar-refractivity contribution in [2.75, 3.05) is 26.0 Å². The Balaban J connectivity index is 2.08. The molecule has 0 radical (unpaired) electrons. The Labute approximate surface area is 137 Å². The zero-order chi connectivity index (χ0) is 16.2. The average Bonchev–Trinajstić information content (AvgIpc) is 2.95. The Hall–Kier alpha value is -0.940. The van der Waals surface area contributed by atoms with Gasteiger partial charge in [0.25, 0.3) is 5.91 Å². The number of aliphatic hydroxyl groups is 1. The van der Waals surface area contributed by atoms with Gasteiger partial charge in [-0.1, -0.05) is 13.8 Å². The van der Waals surface area contributed by atoms with Crippen LogP contribution in [0.25, 0.3) is 0 Å². The van der Waals surface area contributed by atoms with Crippen molar-refractivity contribution in [2.45, 2.75) is 38.9 Å². The molecule has 1 saturated heterocycles. The molecule has 1 fully saturated rings. The Kier molecular flexibility index (Phi) is 5.98. The lowest BCUT2D eigenvalue weighted by Gasteiger charge is -2.42. The van der Waals surface area contributed by atoms with Crippen molar-refractivity contribution in [3.05, 3.63) is 23.7 Å². The maximum absolute atomic E-state index is 12.7. The fourth-order valence-electron chi connectivity index (χ4n) is 3.48. The van der Waals surface area contributed by atoms with Crippen molar-refractivity contribution in [1.82, 2.24) is 4.90 Å². The molecule has 1 N–H and O–H groups in total. The third-order valence-electron chi connectivity index (χ3n) is 4.28. The molecule has 0 aliphatic carbocycles. The molecule has 5 heteroatoms. The monoisotopic (exact) mass is 325 g/mol. The Bertz CT molecular complexity index is 500. The smallest absolute Gasteiger partial charge is 0.289 e. The maximum atomic E-state index is 12.7. The lowest BCUT2D eigenvalue weighted by atomic mass is 9.74. The van der Waals surface area contributed by atoms with E-state index in [4.69, 9.17) is 4.42 Å². The topological polar surface area (TPSA) is 53.7 Å². The van der Waals surface area contributed by atoms with Crippen molar-refractivity contribution >= 4 is 17.7 Å². The van der Waals surface area contributed by atoms with Gasteiger partial charge in [-0.25, -0.2) is 0 Å². The zero-order valence-electron chi connectivity index (χ0n) is 13.8. The molecule has 4 nitrogen and oxygen atoms in total. The van der Waals surface area contributed by atoms with Crippen molar-refractivity contribution < 1.29 is 14.3 Å². The number of amides is 1. The molecule has 0 saturated carbocycles. The van der Waals surface area contributed by atoms with E-state index in [9.17, 15) is 9.90 Å². The predicted octanol–water partition coefficient (Wildman–Crippen LogP) is 3.40. The van der Waals surface area contributed by atoms with E-state index in [1.807, 2.05) is 17.2 Å². The number of carbonyl (C=O) groups is 1. The van der Waals surface area contributed by atoms with Gasteiger partial charge in [0.2, 0.25) is 0 Å². The number of nitrogens with zero attached hydrogens (tertiary/aromatic N) is 1. The molecule has 1 aliphatic rings. The summed E-state index contributed by atoms with van der Waals surface area (Å²) in [6.07, 6.45) is 4.89. The van der Waals surface area contributed by atoms with Gasteiger partial charge in [-0.3, -0.25) is 4.79 Å². The van der Waals surface area contributed by atoms with E-state index in [1.165, 1.54) is 0 Å². The molecule has 0 bridgehead atoms. The number of piperidine rings is 1. The Morgan fingerprint density at radius 3 is 2.91 bits per heavy atom. The summed E-state index contributed by atoms with van der Waals surface area (Å²) >= 11 is 1.67. The van der Waals surface area contributed by atoms with E-state index in [-0.39, 0.29) is 17.9 Å². The van der Waals surface area contributed by atoms with Gasteiger partial charge in [-0.2, -0.15) is 11.8 Å². The standard InChI is InChI=1S/C17H27NO3S/c1-13(2)9-17(12-19)7-4-8-18(11-17)16(20)15-6-5-14(21-15)10-22-3/h5-6,13,19H,4,7-12H2,1-3H3. The van der Waals surface area contributed by atoms with Crippen LogP contribution in [0, 0.1) is 11.3 Å². The molecule has 1 aromatic heterocycles. The van der Waals surface area contributed by atoms with E-state index in [0.717, 1.165) is 37.3 Å². The predicted molar refractivity (Wildman–Crippen MR) is 90.0 cm³/mol. The first kappa shape index (κ1) is 17.4. The number of likely N-dealkylation sites (tertiary alicyclic amines) is 1. The zero-order valence-corrected chi connectivity index (χ0v) is 14.6. The number of carbonyl (C=O) groups excluding carboxylic acids is 1. The third-order valence-corrected chi connectivity index (χ3v) is 4.86. The van der Waals surface area contributed by atoms with Crippen molar-refractivity contribution in [3.63, 3.8) is 0 Å². The molecule has 1 unspecified atom stereocenters. The van der Waals surface area contributed by atoms with Crippen LogP contribution >= 0.6 is 11.8 Å². The van der Waals surface area contributed by atoms with E-state index in [1.54, 1.807) is 17.8 Å². The lowest BCUT2D eigenvalue weighted by Crippen LogP contribution is -2.48. The highest BCUT2D eigenvalue weighted by Gasteiger charge is 2.37. The molecule has 1 aliphatic heterocycles. The summed E-state index contributed by atoms with van der Waals surface area (Å²) in [7, 11) is 0. The quantitative estimate of drug-likeness (QED) is 0.871. The van der Waals surface area contributed by atoms with Crippen LogP contribution in [0.3, 0.4) is 0 Å². The number of aliphatic hydroxyl groups excluding tert-OH is 1. The van der Waals surface area contributed by atoms with Crippen LogP contribution in [0.15, 0.2) is 16.5 Å². The van der Waals surface area contributed by atoms with Crippen LogP contribution in [0.1, 0.15) is 49.4 Å². The van der Waals surface area contributed by atoms with Gasteiger partial charge >= 0.3 is 0 Å². The van der Waals surface area contributed by atoms with Crippen molar-refractivity contribution in [2.24, 2.45) is 11.3 Å². The van der Waals surface area contributed by atoms with Crippen LogP contribution in [-0.2, 0) is 5.75 Å². The van der Waals surface area contributed by atoms with Crippen LogP contribution in [0.2, 0.25) is 0 Å². The number of hydrogen-bond donors (Lipinski definition) is 1. The number of hydrogen-bond acceptors (Lipinski definition) is 4. The Morgan fingerprint density at radius 2 is 2.27 bits per heavy atom. The molecule has 1 aromatic rings. The highest BCUT2D eigenvalue weighted by atomic mass is 32.2. The van der Waals surface area contributed by atoms with Gasteiger partial charge in [0, 0.05) is 18.5 Å². The molecule has 1 atom stereocenters. The first-order valence-electron chi connectivity index (χ1n) is 7.97. The van der Waals surface area contributed by atoms with Gasteiger partial charge in [0.1, 0.15) is 5.76 Å². The van der Waals surface area contributed by atoms with Gasteiger partial charge in [0.15, 0.2) is 5.76 Å². The molecular weight excluding hydrogens is 298 g/mol. The molecule has 2 heterocycles. The minimum atomic E-state index is -0.156. The summed E-state index contributed by atoms with van der Waals surface area (Å²) in [5.41, 5.74) is -0.156. The minimum absolute atomic E-state index is 0.0476. The summed E-state index contributed by atoms with van der Waals surface area (Å²) in [6, 6.07) is 3.65. The highest BCUT2D eigenvalue weighted by molar-refractivity contribution is 7.97. The second-order valence-electron chi connectivity index (χ2n) is 6.79. The summed E-state index contributed by atoms with van der Waals surface area (Å²) in [5.74, 6) is 2.50. The van der Waals surface area contributed by atoms with E-state index in [2.05, 4.69) is 13.8 Å². The van der Waals surface area contributed by atoms with Crippen LogP contribution < -0.4 is 0 Å². The molecule has 0 spiro atoms. The van der Waals surface area contributed by atoms with Crippen molar-refractivity contribution in [1.29, 1.82) is 0 Å². The maximum Gasteiger partial charge on any atom is 0.289 e. The first-order chi connectivity index (χ1) is 10.5. The molecule has 1 amide bonds. The fourth-order valence-corrected chi connectivity index (χ4v) is 3.92. The molecular formula is C17H27NO3S. The third kappa shape index (κ3) is 4.07. The van der Waals surface area contributed by atoms with E-state index >= 15 is 0 Å². The fraction of sp³-hybridized carbons (Fsp3) is 0.706. The highest BCUT2D eigenvalue weighted by Crippen LogP contribution is 2.36. The summed E-state index contributed by atoms with van der Waals surface area (Å²) < 4.78 is 5.65. The van der Waals surface area contributed by atoms with Gasteiger partial charge in [-0.05, 0) is 43.6 Å². The molecule has 0 aromatic carbocycles. The first-order valence-corrected chi connectivity index (χ1v) is 9.37. The Morgan fingerprint density at radius 1 is 1.50 bits per heavy atom. The summed E-state index contributed by atoms with van der Waals surface area (Å²) in [4.78, 5) is 14.5. The van der Waals surface area contributed by atoms with E-state index < -0.39 is 0 Å². The average molecular weight is 325 g/mol. The summed E-state index contributed by atoms with van der Waals surface area (Å²) in [6.45, 7) is 5.85. The largest absolute Gasteiger partial charge is 0.455 e. The van der Waals surface area contributed by atoms with E-state index in [0.29, 0.717) is 18.2 Å². The van der Waals surface area contributed by atoms with Crippen LogP contribution in [-0.4, -0.2) is 41.9 Å². The number of rotatable bonds is 6. The van der Waals surface area contributed by atoms with Crippen molar-refractivity contribution in [3.8, 4) is 0 Å². The molecule has 2 rings (SSSR count). The second-order valence-corrected chi connectivity index (χ2v) is 7.65. The SMILES string of the molecule is CSCc1ccc(C(=O)N2CCCC(CO)(CC(C)C)C2)o1. The normalized spacial score (nSPS) is 22.3. The van der Waals surface area contributed by atoms with Gasteiger partial charge < -0.3 is 14.4 Å². The van der Waals surface area contributed by atoms with Crippen LogP contribution in [0.5, 0.6) is 0 Å².